The highest BCUT2D eigenvalue weighted by Gasteiger charge is 2.30. The predicted molar refractivity (Wildman–Crippen MR) is 81.6 cm³/mol. The molecule has 2 rings (SSSR count). The van der Waals surface area contributed by atoms with E-state index in [9.17, 15) is 5.11 Å². The number of aryl methyl sites for hydroxylation is 1. The second-order valence-corrected chi connectivity index (χ2v) is 6.69. The van der Waals surface area contributed by atoms with Gasteiger partial charge in [-0.05, 0) is 18.8 Å². The summed E-state index contributed by atoms with van der Waals surface area (Å²) in [6, 6.07) is 0. The summed E-state index contributed by atoms with van der Waals surface area (Å²) in [4.78, 5) is 0. The van der Waals surface area contributed by atoms with Crippen molar-refractivity contribution in [2.24, 2.45) is 12.5 Å². The van der Waals surface area contributed by atoms with E-state index in [2.05, 4.69) is 30.5 Å². The number of hydrogen-bond acceptors (Lipinski definition) is 3. The first kappa shape index (κ1) is 15.5. The fourth-order valence-corrected chi connectivity index (χ4v) is 3.33. The number of nitrogens with zero attached hydrogens (tertiary/aromatic N) is 2. The lowest BCUT2D eigenvalue weighted by molar-refractivity contribution is 0.0810. The number of aliphatic hydroxyl groups excluding tert-OH is 1. The Labute approximate surface area is 122 Å². The van der Waals surface area contributed by atoms with Crippen LogP contribution in [-0.4, -0.2) is 28.0 Å². The molecular formula is C16H29N3O. The first-order valence-corrected chi connectivity index (χ1v) is 7.90. The van der Waals surface area contributed by atoms with Crippen molar-refractivity contribution in [3.63, 3.8) is 0 Å². The average Bonchev–Trinajstić information content (AvgIpc) is 2.81. The van der Waals surface area contributed by atoms with Gasteiger partial charge >= 0.3 is 0 Å². The lowest BCUT2D eigenvalue weighted by Gasteiger charge is -2.35. The molecule has 0 atom stereocenters. The van der Waals surface area contributed by atoms with Gasteiger partial charge < -0.3 is 10.4 Å². The molecule has 4 nitrogen and oxygen atoms in total. The van der Waals surface area contributed by atoms with E-state index in [-0.39, 0.29) is 5.41 Å². The summed E-state index contributed by atoms with van der Waals surface area (Å²) >= 11 is 0. The molecule has 1 heterocycles. The van der Waals surface area contributed by atoms with Gasteiger partial charge in [-0.25, -0.2) is 0 Å². The van der Waals surface area contributed by atoms with E-state index in [1.807, 2.05) is 11.7 Å². The molecule has 0 saturated heterocycles. The van der Waals surface area contributed by atoms with E-state index < -0.39 is 0 Å². The summed E-state index contributed by atoms with van der Waals surface area (Å²) in [5, 5.41) is 17.8. The van der Waals surface area contributed by atoms with Gasteiger partial charge in [-0.3, -0.25) is 4.68 Å². The van der Waals surface area contributed by atoms with Crippen molar-refractivity contribution in [1.82, 2.24) is 15.1 Å². The van der Waals surface area contributed by atoms with Crippen LogP contribution >= 0.6 is 0 Å². The maximum absolute atomic E-state index is 9.73. The molecule has 0 radical (unpaired) electrons. The molecule has 1 fully saturated rings. The van der Waals surface area contributed by atoms with Crippen LogP contribution in [0.2, 0.25) is 0 Å². The molecule has 2 N–H and O–H groups in total. The van der Waals surface area contributed by atoms with Crippen molar-refractivity contribution in [3.8, 4) is 0 Å². The summed E-state index contributed by atoms with van der Waals surface area (Å²) in [7, 11) is 1.98. The zero-order valence-electron chi connectivity index (χ0n) is 13.2. The molecule has 0 unspecified atom stereocenters. The molecule has 0 bridgehead atoms. The van der Waals surface area contributed by atoms with Crippen LogP contribution in [0.25, 0.3) is 0 Å². The maximum Gasteiger partial charge on any atom is 0.0694 e. The van der Waals surface area contributed by atoms with Crippen LogP contribution in [-0.2, 0) is 13.6 Å². The van der Waals surface area contributed by atoms with Crippen molar-refractivity contribution < 1.29 is 5.11 Å². The number of nitrogens with one attached hydrogen (secondary N) is 1. The zero-order valence-corrected chi connectivity index (χ0v) is 13.2. The average molecular weight is 279 g/mol. The summed E-state index contributed by atoms with van der Waals surface area (Å²) in [6.07, 6.45) is 8.25. The van der Waals surface area contributed by atoms with Crippen LogP contribution in [0.3, 0.4) is 0 Å². The SMILES string of the molecule is CC(C)c1nn(C)cc1CNCC1(CO)CCCCC1. The Morgan fingerprint density at radius 3 is 2.65 bits per heavy atom. The van der Waals surface area contributed by atoms with Gasteiger partial charge in [0.1, 0.15) is 0 Å². The third kappa shape index (κ3) is 3.61. The van der Waals surface area contributed by atoms with Gasteiger partial charge in [0, 0.05) is 43.9 Å². The molecule has 0 amide bonds. The summed E-state index contributed by atoms with van der Waals surface area (Å²) in [5.74, 6) is 0.453. The number of hydrogen-bond donors (Lipinski definition) is 2. The predicted octanol–water partition coefficient (Wildman–Crippen LogP) is 2.58. The lowest BCUT2D eigenvalue weighted by atomic mass is 9.74. The van der Waals surface area contributed by atoms with Gasteiger partial charge in [-0.2, -0.15) is 5.10 Å². The molecule has 0 aliphatic heterocycles. The van der Waals surface area contributed by atoms with Gasteiger partial charge in [-0.15, -0.1) is 0 Å². The largest absolute Gasteiger partial charge is 0.396 e. The first-order chi connectivity index (χ1) is 9.56. The topological polar surface area (TPSA) is 50.1 Å². The van der Waals surface area contributed by atoms with Crippen molar-refractivity contribution >= 4 is 0 Å². The third-order valence-corrected chi connectivity index (χ3v) is 4.55. The molecule has 1 aromatic rings. The Morgan fingerprint density at radius 1 is 1.35 bits per heavy atom. The normalized spacial score (nSPS) is 18.6. The van der Waals surface area contributed by atoms with Gasteiger partial charge in [0.05, 0.1) is 5.69 Å². The highest BCUT2D eigenvalue weighted by molar-refractivity contribution is 5.20. The molecule has 4 heteroatoms. The molecule has 114 valence electrons. The molecule has 0 aromatic carbocycles. The van der Waals surface area contributed by atoms with Crippen molar-refractivity contribution in [1.29, 1.82) is 0 Å². The molecule has 0 spiro atoms. The summed E-state index contributed by atoms with van der Waals surface area (Å²) in [6.45, 7) is 6.44. The van der Waals surface area contributed by atoms with Gasteiger partial charge in [0.2, 0.25) is 0 Å². The smallest absolute Gasteiger partial charge is 0.0694 e. The Kier molecular flexibility index (Phi) is 5.22. The van der Waals surface area contributed by atoms with Crippen LogP contribution in [0.5, 0.6) is 0 Å². The Hall–Kier alpha value is -0.870. The van der Waals surface area contributed by atoms with Crippen LogP contribution in [0, 0.1) is 5.41 Å². The number of rotatable bonds is 6. The Bertz CT molecular complexity index is 419. The highest BCUT2D eigenvalue weighted by atomic mass is 16.3. The van der Waals surface area contributed by atoms with Crippen LogP contribution < -0.4 is 5.32 Å². The second kappa shape index (κ2) is 6.72. The standard InChI is InChI=1S/C16H29N3O/c1-13(2)15-14(10-19(3)18-15)9-17-11-16(12-20)7-5-4-6-8-16/h10,13,17,20H,4-9,11-12H2,1-3H3. The molecule has 1 saturated carbocycles. The minimum absolute atomic E-state index is 0.110. The van der Waals surface area contributed by atoms with E-state index in [0.29, 0.717) is 12.5 Å². The summed E-state index contributed by atoms with van der Waals surface area (Å²) < 4.78 is 1.90. The van der Waals surface area contributed by atoms with E-state index in [1.54, 1.807) is 0 Å². The molecule has 20 heavy (non-hydrogen) atoms. The van der Waals surface area contributed by atoms with Crippen LogP contribution in [0.15, 0.2) is 6.20 Å². The first-order valence-electron chi connectivity index (χ1n) is 7.90. The lowest BCUT2D eigenvalue weighted by Crippen LogP contribution is -2.38. The highest BCUT2D eigenvalue weighted by Crippen LogP contribution is 2.35. The quantitative estimate of drug-likeness (QED) is 0.841. The van der Waals surface area contributed by atoms with Crippen molar-refractivity contribution in [2.75, 3.05) is 13.2 Å². The van der Waals surface area contributed by atoms with Crippen LogP contribution in [0.1, 0.15) is 63.1 Å². The fourth-order valence-electron chi connectivity index (χ4n) is 3.33. The van der Waals surface area contributed by atoms with Crippen molar-refractivity contribution in [2.45, 2.75) is 58.4 Å². The van der Waals surface area contributed by atoms with E-state index >= 15 is 0 Å². The van der Waals surface area contributed by atoms with Gasteiger partial charge in [0.15, 0.2) is 0 Å². The fraction of sp³-hybridized carbons (Fsp3) is 0.812. The van der Waals surface area contributed by atoms with E-state index in [1.165, 1.54) is 30.5 Å². The van der Waals surface area contributed by atoms with Crippen LogP contribution in [0.4, 0.5) is 0 Å². The molecular weight excluding hydrogens is 250 g/mol. The van der Waals surface area contributed by atoms with E-state index in [0.717, 1.165) is 25.9 Å². The monoisotopic (exact) mass is 279 g/mol. The van der Waals surface area contributed by atoms with Gasteiger partial charge in [0.25, 0.3) is 0 Å². The minimum Gasteiger partial charge on any atom is -0.396 e. The maximum atomic E-state index is 9.73. The number of aliphatic hydroxyl groups is 1. The van der Waals surface area contributed by atoms with Crippen molar-refractivity contribution in [3.05, 3.63) is 17.5 Å². The second-order valence-electron chi connectivity index (χ2n) is 6.69. The Morgan fingerprint density at radius 2 is 2.05 bits per heavy atom. The minimum atomic E-state index is 0.110. The summed E-state index contributed by atoms with van der Waals surface area (Å²) in [5.41, 5.74) is 2.58. The molecule has 1 aliphatic rings. The molecule has 1 aliphatic carbocycles. The third-order valence-electron chi connectivity index (χ3n) is 4.55. The van der Waals surface area contributed by atoms with E-state index in [4.69, 9.17) is 0 Å². The Balaban J connectivity index is 1.92. The van der Waals surface area contributed by atoms with Gasteiger partial charge in [-0.1, -0.05) is 33.1 Å². The zero-order chi connectivity index (χ0) is 14.6. The number of aromatic nitrogens is 2. The molecule has 1 aromatic heterocycles.